The van der Waals surface area contributed by atoms with Crippen molar-refractivity contribution in [1.29, 1.82) is 0 Å². The normalized spacial score (nSPS) is 10.6. The van der Waals surface area contributed by atoms with Crippen molar-refractivity contribution in [3.63, 3.8) is 0 Å². The maximum Gasteiger partial charge on any atom is 0.130 e. The molecule has 0 unspecified atom stereocenters. The van der Waals surface area contributed by atoms with Crippen molar-refractivity contribution in [1.82, 2.24) is 9.97 Å². The van der Waals surface area contributed by atoms with E-state index in [2.05, 4.69) is 9.97 Å². The first-order valence-electron chi connectivity index (χ1n) is 8.03. The zero-order valence-electron chi connectivity index (χ0n) is 13.5. The van der Waals surface area contributed by atoms with Gasteiger partial charge in [-0.3, -0.25) is 4.98 Å². The molecule has 4 rings (SSSR count). The molecule has 0 aliphatic carbocycles. The highest BCUT2D eigenvalue weighted by atomic mass is 16.5. The van der Waals surface area contributed by atoms with Gasteiger partial charge in [-0.1, -0.05) is 18.2 Å². The summed E-state index contributed by atoms with van der Waals surface area (Å²) >= 11 is 0. The molecule has 4 aromatic rings. The van der Waals surface area contributed by atoms with Crippen molar-refractivity contribution in [2.24, 2.45) is 0 Å². The Balaban J connectivity index is 1.40. The van der Waals surface area contributed by atoms with E-state index < -0.39 is 0 Å². The van der Waals surface area contributed by atoms with E-state index in [1.165, 1.54) is 0 Å². The van der Waals surface area contributed by atoms with E-state index in [0.717, 1.165) is 34.0 Å². The number of fused-ring (bicyclic) bond motifs is 1. The molecule has 122 valence electrons. The molecular formula is C21H16N2O2. The van der Waals surface area contributed by atoms with E-state index in [1.807, 2.05) is 78.9 Å². The summed E-state index contributed by atoms with van der Waals surface area (Å²) in [6, 6.07) is 25.0. The Labute approximate surface area is 145 Å². The van der Waals surface area contributed by atoms with Gasteiger partial charge in [0.25, 0.3) is 0 Å². The van der Waals surface area contributed by atoms with Crippen molar-refractivity contribution < 1.29 is 9.47 Å². The number of nitrogens with zero attached hydrogens (tertiary/aromatic N) is 2. The standard InChI is InChI=1S/C21H16N2O2/c1-2-5-18(6-3-1)25-19-11-9-17(10-12-19)24-15-16-8-13-20-21(23-16)7-4-14-22-20/h1-14H,15H2. The second kappa shape index (κ2) is 7.01. The summed E-state index contributed by atoms with van der Waals surface area (Å²) in [7, 11) is 0. The number of rotatable bonds is 5. The van der Waals surface area contributed by atoms with E-state index in [1.54, 1.807) is 6.20 Å². The molecule has 4 heteroatoms. The molecule has 0 aliphatic heterocycles. The summed E-state index contributed by atoms with van der Waals surface area (Å²) in [5.74, 6) is 2.35. The highest BCUT2D eigenvalue weighted by Gasteiger charge is 2.02. The van der Waals surface area contributed by atoms with Crippen molar-refractivity contribution in [2.45, 2.75) is 6.61 Å². The second-order valence-electron chi connectivity index (χ2n) is 5.52. The summed E-state index contributed by atoms with van der Waals surface area (Å²) < 4.78 is 11.6. The van der Waals surface area contributed by atoms with Crippen LogP contribution in [0.25, 0.3) is 11.0 Å². The Hall–Kier alpha value is -3.40. The predicted molar refractivity (Wildman–Crippen MR) is 96.8 cm³/mol. The molecule has 0 saturated heterocycles. The average molecular weight is 328 g/mol. The largest absolute Gasteiger partial charge is 0.487 e. The number of pyridine rings is 2. The third-order valence-corrected chi connectivity index (χ3v) is 3.70. The van der Waals surface area contributed by atoms with Gasteiger partial charge in [-0.15, -0.1) is 0 Å². The Morgan fingerprint density at radius 2 is 1.40 bits per heavy atom. The number of aromatic nitrogens is 2. The van der Waals surface area contributed by atoms with Crippen LogP contribution >= 0.6 is 0 Å². The van der Waals surface area contributed by atoms with Crippen molar-refractivity contribution in [2.75, 3.05) is 0 Å². The fraction of sp³-hybridized carbons (Fsp3) is 0.0476. The Morgan fingerprint density at radius 3 is 2.24 bits per heavy atom. The Morgan fingerprint density at radius 1 is 0.640 bits per heavy atom. The quantitative estimate of drug-likeness (QED) is 0.517. The van der Waals surface area contributed by atoms with Gasteiger partial charge in [-0.25, -0.2) is 4.98 Å². The zero-order valence-corrected chi connectivity index (χ0v) is 13.5. The van der Waals surface area contributed by atoms with E-state index in [-0.39, 0.29) is 0 Å². The number of ether oxygens (including phenoxy) is 2. The number of benzene rings is 2. The van der Waals surface area contributed by atoms with Gasteiger partial charge in [-0.05, 0) is 60.7 Å². The van der Waals surface area contributed by atoms with Crippen LogP contribution in [0.5, 0.6) is 17.2 Å². The summed E-state index contributed by atoms with van der Waals surface area (Å²) in [6.45, 7) is 0.406. The highest BCUT2D eigenvalue weighted by Crippen LogP contribution is 2.24. The van der Waals surface area contributed by atoms with Gasteiger partial charge in [-0.2, -0.15) is 0 Å². The molecular weight excluding hydrogens is 312 g/mol. The van der Waals surface area contributed by atoms with Crippen LogP contribution in [0.2, 0.25) is 0 Å². The molecule has 0 spiro atoms. The van der Waals surface area contributed by atoms with Crippen LogP contribution in [0.4, 0.5) is 0 Å². The van der Waals surface area contributed by atoms with Crippen LogP contribution in [0.3, 0.4) is 0 Å². The molecule has 0 saturated carbocycles. The molecule has 0 atom stereocenters. The molecule has 0 amide bonds. The molecule has 4 nitrogen and oxygen atoms in total. The van der Waals surface area contributed by atoms with Crippen molar-refractivity contribution in [3.05, 3.63) is 90.8 Å². The lowest BCUT2D eigenvalue weighted by atomic mass is 10.3. The molecule has 0 N–H and O–H groups in total. The van der Waals surface area contributed by atoms with Crippen LogP contribution in [-0.4, -0.2) is 9.97 Å². The van der Waals surface area contributed by atoms with Crippen LogP contribution in [-0.2, 0) is 6.61 Å². The average Bonchev–Trinajstić information content (AvgIpc) is 2.68. The molecule has 0 fully saturated rings. The minimum atomic E-state index is 0.406. The zero-order chi connectivity index (χ0) is 16.9. The molecule has 0 bridgehead atoms. The molecule has 2 aromatic carbocycles. The molecule has 2 heterocycles. The SMILES string of the molecule is c1ccc(Oc2ccc(OCc3ccc4ncccc4n3)cc2)cc1. The number of hydrogen-bond acceptors (Lipinski definition) is 4. The van der Waals surface area contributed by atoms with Gasteiger partial charge in [0.15, 0.2) is 0 Å². The topological polar surface area (TPSA) is 44.2 Å². The molecule has 0 radical (unpaired) electrons. The smallest absolute Gasteiger partial charge is 0.130 e. The van der Waals surface area contributed by atoms with Gasteiger partial charge >= 0.3 is 0 Å². The second-order valence-corrected chi connectivity index (χ2v) is 5.52. The van der Waals surface area contributed by atoms with E-state index >= 15 is 0 Å². The molecule has 2 aromatic heterocycles. The lowest BCUT2D eigenvalue weighted by Gasteiger charge is -2.08. The monoisotopic (exact) mass is 328 g/mol. The fourth-order valence-corrected chi connectivity index (χ4v) is 2.47. The third kappa shape index (κ3) is 3.75. The van der Waals surface area contributed by atoms with Crippen LogP contribution in [0.1, 0.15) is 5.69 Å². The van der Waals surface area contributed by atoms with Gasteiger partial charge < -0.3 is 9.47 Å². The summed E-state index contributed by atoms with van der Waals surface area (Å²) in [5, 5.41) is 0. The molecule has 25 heavy (non-hydrogen) atoms. The van der Waals surface area contributed by atoms with Crippen LogP contribution in [0, 0.1) is 0 Å². The first kappa shape index (κ1) is 15.1. The van der Waals surface area contributed by atoms with Crippen molar-refractivity contribution in [3.8, 4) is 17.2 Å². The summed E-state index contributed by atoms with van der Waals surface area (Å²) in [5.41, 5.74) is 2.62. The van der Waals surface area contributed by atoms with E-state index in [4.69, 9.17) is 9.47 Å². The van der Waals surface area contributed by atoms with Gasteiger partial charge in [0.1, 0.15) is 23.9 Å². The van der Waals surface area contributed by atoms with Gasteiger partial charge in [0.05, 0.1) is 16.7 Å². The first-order valence-corrected chi connectivity index (χ1v) is 8.03. The lowest BCUT2D eigenvalue weighted by molar-refractivity contribution is 0.301. The van der Waals surface area contributed by atoms with Gasteiger partial charge in [0.2, 0.25) is 0 Å². The minimum absolute atomic E-state index is 0.406. The van der Waals surface area contributed by atoms with E-state index in [0.29, 0.717) is 6.61 Å². The van der Waals surface area contributed by atoms with Crippen LogP contribution in [0.15, 0.2) is 85.1 Å². The summed E-state index contributed by atoms with van der Waals surface area (Å²) in [4.78, 5) is 8.82. The summed E-state index contributed by atoms with van der Waals surface area (Å²) in [6.07, 6.45) is 1.76. The van der Waals surface area contributed by atoms with Crippen molar-refractivity contribution >= 4 is 11.0 Å². The first-order chi connectivity index (χ1) is 12.4. The maximum atomic E-state index is 5.81. The Kier molecular flexibility index (Phi) is 4.25. The highest BCUT2D eigenvalue weighted by molar-refractivity contribution is 5.73. The Bertz CT molecular complexity index is 970. The van der Waals surface area contributed by atoms with Crippen LogP contribution < -0.4 is 9.47 Å². The third-order valence-electron chi connectivity index (χ3n) is 3.70. The lowest BCUT2D eigenvalue weighted by Crippen LogP contribution is -1.98. The van der Waals surface area contributed by atoms with Gasteiger partial charge in [0, 0.05) is 6.20 Å². The minimum Gasteiger partial charge on any atom is -0.487 e. The number of hydrogen-bond donors (Lipinski definition) is 0. The maximum absolute atomic E-state index is 5.81. The fourth-order valence-electron chi connectivity index (χ4n) is 2.47. The predicted octanol–water partition coefficient (Wildman–Crippen LogP) is 5.00. The number of para-hydroxylation sites is 1. The molecule has 0 aliphatic rings. The van der Waals surface area contributed by atoms with E-state index in [9.17, 15) is 0 Å².